The molecule has 5 nitrogen and oxygen atoms in total. The van der Waals surface area contributed by atoms with Gasteiger partial charge in [-0.25, -0.2) is 9.97 Å². The second kappa shape index (κ2) is 8.30. The molecule has 25 heavy (non-hydrogen) atoms. The maximum absolute atomic E-state index is 12.3. The van der Waals surface area contributed by atoms with Crippen molar-refractivity contribution in [1.29, 1.82) is 0 Å². The van der Waals surface area contributed by atoms with E-state index >= 15 is 0 Å². The molecule has 1 amide bonds. The zero-order valence-electron chi connectivity index (χ0n) is 14.4. The van der Waals surface area contributed by atoms with E-state index < -0.39 is 0 Å². The predicted molar refractivity (Wildman–Crippen MR) is 101 cm³/mol. The van der Waals surface area contributed by atoms with Gasteiger partial charge in [-0.2, -0.15) is 0 Å². The lowest BCUT2D eigenvalue weighted by Crippen LogP contribution is -2.20. The average molecular weight is 359 g/mol. The molecule has 1 fully saturated rings. The first-order valence-electron chi connectivity index (χ1n) is 8.78. The molecular formula is C19H23ClN4O. The second-order valence-corrected chi connectivity index (χ2v) is 6.94. The fourth-order valence-electron chi connectivity index (χ4n) is 3.02. The van der Waals surface area contributed by atoms with Gasteiger partial charge in [0.2, 0.25) is 0 Å². The highest BCUT2D eigenvalue weighted by molar-refractivity contribution is 6.31. The number of nitrogens with one attached hydrogen (secondary N) is 2. The summed E-state index contributed by atoms with van der Waals surface area (Å²) in [5.41, 5.74) is 1.89. The highest BCUT2D eigenvalue weighted by Crippen LogP contribution is 2.21. The minimum Gasteiger partial charge on any atom is -0.366 e. The Labute approximate surface area is 153 Å². The van der Waals surface area contributed by atoms with Crippen molar-refractivity contribution in [3.05, 3.63) is 46.9 Å². The molecule has 0 bridgehead atoms. The summed E-state index contributed by atoms with van der Waals surface area (Å²) in [6.45, 7) is 1.92. The standard InChI is InChI=1S/C19H23ClN4O/c1-13-8-9-15(10-16(13)20)24-19(25)17-11-22-18(12-21-17)23-14-6-4-2-3-5-7-14/h8-12,14H,2-7H2,1H3,(H,22,23)(H,24,25). The molecule has 1 aromatic carbocycles. The number of halogens is 1. The Morgan fingerprint density at radius 3 is 2.52 bits per heavy atom. The lowest BCUT2D eigenvalue weighted by molar-refractivity contribution is 0.102. The van der Waals surface area contributed by atoms with Gasteiger partial charge in [-0.15, -0.1) is 0 Å². The van der Waals surface area contributed by atoms with Gasteiger partial charge in [0.05, 0.1) is 12.4 Å². The van der Waals surface area contributed by atoms with Crippen molar-refractivity contribution >= 4 is 29.0 Å². The Morgan fingerprint density at radius 2 is 1.88 bits per heavy atom. The molecule has 1 aliphatic carbocycles. The summed E-state index contributed by atoms with van der Waals surface area (Å²) >= 11 is 6.08. The van der Waals surface area contributed by atoms with Gasteiger partial charge in [-0.05, 0) is 37.5 Å². The quantitative estimate of drug-likeness (QED) is 0.768. The summed E-state index contributed by atoms with van der Waals surface area (Å²) in [6, 6.07) is 5.86. The van der Waals surface area contributed by atoms with E-state index in [9.17, 15) is 4.79 Å². The lowest BCUT2D eigenvalue weighted by Gasteiger charge is -2.16. The molecule has 0 unspecified atom stereocenters. The summed E-state index contributed by atoms with van der Waals surface area (Å²) in [6.07, 6.45) is 10.6. The van der Waals surface area contributed by atoms with Crippen LogP contribution in [0.15, 0.2) is 30.6 Å². The number of benzene rings is 1. The van der Waals surface area contributed by atoms with Gasteiger partial charge in [0.1, 0.15) is 11.5 Å². The molecule has 0 aliphatic heterocycles. The van der Waals surface area contributed by atoms with Crippen molar-refractivity contribution in [3.8, 4) is 0 Å². The van der Waals surface area contributed by atoms with Gasteiger partial charge < -0.3 is 10.6 Å². The van der Waals surface area contributed by atoms with Crippen molar-refractivity contribution in [1.82, 2.24) is 9.97 Å². The third-order valence-electron chi connectivity index (χ3n) is 4.52. The van der Waals surface area contributed by atoms with E-state index in [0.29, 0.717) is 16.8 Å². The van der Waals surface area contributed by atoms with E-state index in [4.69, 9.17) is 11.6 Å². The first-order valence-corrected chi connectivity index (χ1v) is 9.16. The van der Waals surface area contributed by atoms with Crippen LogP contribution in [0, 0.1) is 6.92 Å². The number of hydrogen-bond acceptors (Lipinski definition) is 4. The number of aryl methyl sites for hydroxylation is 1. The van der Waals surface area contributed by atoms with Crippen LogP contribution in [0.1, 0.15) is 54.6 Å². The zero-order chi connectivity index (χ0) is 17.6. The van der Waals surface area contributed by atoms with Crippen molar-refractivity contribution in [3.63, 3.8) is 0 Å². The minimum absolute atomic E-state index is 0.281. The number of rotatable bonds is 4. The molecule has 3 rings (SSSR count). The first kappa shape index (κ1) is 17.7. The molecule has 6 heteroatoms. The molecule has 0 saturated heterocycles. The van der Waals surface area contributed by atoms with Crippen LogP contribution in [0.5, 0.6) is 0 Å². The lowest BCUT2D eigenvalue weighted by atomic mass is 10.1. The summed E-state index contributed by atoms with van der Waals surface area (Å²) in [5, 5.41) is 6.83. The highest BCUT2D eigenvalue weighted by Gasteiger charge is 2.14. The van der Waals surface area contributed by atoms with E-state index in [1.165, 1.54) is 31.9 Å². The van der Waals surface area contributed by atoms with Crippen molar-refractivity contribution in [2.75, 3.05) is 10.6 Å². The SMILES string of the molecule is Cc1ccc(NC(=O)c2cnc(NC3CCCCCC3)cn2)cc1Cl. The fourth-order valence-corrected chi connectivity index (χ4v) is 3.20. The third kappa shape index (κ3) is 4.92. The normalized spacial score (nSPS) is 15.4. The van der Waals surface area contributed by atoms with Gasteiger partial charge in [0, 0.05) is 16.8 Å². The number of hydrogen-bond donors (Lipinski definition) is 2. The number of nitrogens with zero attached hydrogens (tertiary/aromatic N) is 2. The van der Waals surface area contributed by atoms with Crippen LogP contribution in [0.3, 0.4) is 0 Å². The molecule has 0 radical (unpaired) electrons. The molecule has 0 spiro atoms. The summed E-state index contributed by atoms with van der Waals surface area (Å²) in [5.74, 6) is 0.426. The van der Waals surface area contributed by atoms with E-state index in [1.54, 1.807) is 12.3 Å². The molecule has 1 heterocycles. The molecule has 0 atom stereocenters. The van der Waals surface area contributed by atoms with Crippen LogP contribution in [0.2, 0.25) is 5.02 Å². The fraction of sp³-hybridized carbons (Fsp3) is 0.421. The smallest absolute Gasteiger partial charge is 0.275 e. The summed E-state index contributed by atoms with van der Waals surface area (Å²) < 4.78 is 0. The van der Waals surface area contributed by atoms with Gasteiger partial charge in [-0.1, -0.05) is 43.4 Å². The van der Waals surface area contributed by atoms with Gasteiger partial charge in [-0.3, -0.25) is 4.79 Å². The highest BCUT2D eigenvalue weighted by atomic mass is 35.5. The molecule has 2 aromatic rings. The van der Waals surface area contributed by atoms with Crippen LogP contribution >= 0.6 is 11.6 Å². The zero-order valence-corrected chi connectivity index (χ0v) is 15.1. The summed E-state index contributed by atoms with van der Waals surface area (Å²) in [7, 11) is 0. The monoisotopic (exact) mass is 358 g/mol. The number of amides is 1. The number of carbonyl (C=O) groups excluding carboxylic acids is 1. The second-order valence-electron chi connectivity index (χ2n) is 6.54. The largest absolute Gasteiger partial charge is 0.366 e. The van der Waals surface area contributed by atoms with Crippen LogP contribution in [-0.2, 0) is 0 Å². The van der Waals surface area contributed by atoms with Crippen molar-refractivity contribution in [2.45, 2.75) is 51.5 Å². The number of carbonyl (C=O) groups is 1. The number of aromatic nitrogens is 2. The number of anilines is 2. The van der Waals surface area contributed by atoms with Crippen LogP contribution < -0.4 is 10.6 Å². The van der Waals surface area contributed by atoms with Crippen LogP contribution in [0.25, 0.3) is 0 Å². The van der Waals surface area contributed by atoms with E-state index in [-0.39, 0.29) is 11.6 Å². The van der Waals surface area contributed by atoms with Gasteiger partial charge in [0.25, 0.3) is 5.91 Å². The topological polar surface area (TPSA) is 66.9 Å². The Kier molecular flexibility index (Phi) is 5.87. The molecule has 1 aliphatic rings. The Morgan fingerprint density at radius 1 is 1.12 bits per heavy atom. The van der Waals surface area contributed by atoms with E-state index in [1.807, 2.05) is 19.1 Å². The van der Waals surface area contributed by atoms with E-state index in [2.05, 4.69) is 20.6 Å². The van der Waals surface area contributed by atoms with Gasteiger partial charge >= 0.3 is 0 Å². The minimum atomic E-state index is -0.298. The molecular weight excluding hydrogens is 336 g/mol. The Bertz CT molecular complexity index is 725. The maximum Gasteiger partial charge on any atom is 0.275 e. The molecule has 2 N–H and O–H groups in total. The van der Waals surface area contributed by atoms with Gasteiger partial charge in [0.15, 0.2) is 0 Å². The Hall–Kier alpha value is -2.14. The maximum atomic E-state index is 12.3. The first-order chi connectivity index (χ1) is 12.1. The van der Waals surface area contributed by atoms with E-state index in [0.717, 1.165) is 24.2 Å². The Balaban J connectivity index is 1.60. The predicted octanol–water partition coefficient (Wildman–Crippen LogP) is 4.83. The van der Waals surface area contributed by atoms with Crippen LogP contribution in [-0.4, -0.2) is 21.9 Å². The van der Waals surface area contributed by atoms with Crippen LogP contribution in [0.4, 0.5) is 11.5 Å². The average Bonchev–Trinajstić information content (AvgIpc) is 2.87. The summed E-state index contributed by atoms with van der Waals surface area (Å²) in [4.78, 5) is 20.9. The molecule has 1 aromatic heterocycles. The third-order valence-corrected chi connectivity index (χ3v) is 4.93. The van der Waals surface area contributed by atoms with Crippen molar-refractivity contribution in [2.24, 2.45) is 0 Å². The molecule has 132 valence electrons. The van der Waals surface area contributed by atoms with Crippen molar-refractivity contribution < 1.29 is 4.79 Å². The molecule has 1 saturated carbocycles.